The van der Waals surface area contributed by atoms with Gasteiger partial charge in [-0.15, -0.1) is 0 Å². The first-order chi connectivity index (χ1) is 17.7. The molecule has 8 nitrogen and oxygen atoms in total. The average Bonchev–Trinajstić information content (AvgIpc) is 3.28. The minimum absolute atomic E-state index is 0.0499. The zero-order valence-electron chi connectivity index (χ0n) is 20.4. The van der Waals surface area contributed by atoms with Gasteiger partial charge in [0.05, 0.1) is 15.6 Å². The van der Waals surface area contributed by atoms with Gasteiger partial charge in [0, 0.05) is 23.7 Å². The van der Waals surface area contributed by atoms with Gasteiger partial charge in [0.15, 0.2) is 5.60 Å². The Balaban J connectivity index is 1.38. The van der Waals surface area contributed by atoms with Crippen molar-refractivity contribution >= 4 is 46.7 Å². The molecule has 4 rings (SSSR count). The van der Waals surface area contributed by atoms with E-state index in [2.05, 4.69) is 16.1 Å². The van der Waals surface area contributed by atoms with Crippen LogP contribution in [0, 0.1) is 5.92 Å². The van der Waals surface area contributed by atoms with Gasteiger partial charge in [-0.25, -0.2) is 4.79 Å². The molecule has 37 heavy (non-hydrogen) atoms. The van der Waals surface area contributed by atoms with Crippen molar-refractivity contribution in [3.05, 3.63) is 75.4 Å². The minimum atomic E-state index is -1.30. The Morgan fingerprint density at radius 3 is 2.35 bits per heavy atom. The molecule has 2 aromatic carbocycles. The summed E-state index contributed by atoms with van der Waals surface area (Å²) in [5, 5.41) is 15.5. The second kappa shape index (κ2) is 11.5. The number of hydrogen-bond acceptors (Lipinski definition) is 5. The van der Waals surface area contributed by atoms with E-state index in [-0.39, 0.29) is 22.0 Å². The normalized spacial score (nSPS) is 20.5. The predicted molar refractivity (Wildman–Crippen MR) is 141 cm³/mol. The van der Waals surface area contributed by atoms with Crippen molar-refractivity contribution in [1.29, 1.82) is 0 Å². The van der Waals surface area contributed by atoms with Crippen LogP contribution < -0.4 is 16.1 Å². The van der Waals surface area contributed by atoms with Gasteiger partial charge < -0.3 is 15.7 Å². The van der Waals surface area contributed by atoms with Crippen LogP contribution >= 0.6 is 23.2 Å². The number of anilines is 1. The lowest BCUT2D eigenvalue weighted by Crippen LogP contribution is -2.51. The third-order valence-electron chi connectivity index (χ3n) is 6.75. The first-order valence-electron chi connectivity index (χ1n) is 12.2. The van der Waals surface area contributed by atoms with Crippen LogP contribution in [0.25, 0.3) is 0 Å². The molecule has 0 radical (unpaired) electrons. The highest BCUT2D eigenvalue weighted by atomic mass is 35.5. The Bertz CT molecular complexity index is 1190. The first-order valence-corrected chi connectivity index (χ1v) is 13.0. The number of carboxylic acid groups (broad SMARTS) is 1. The summed E-state index contributed by atoms with van der Waals surface area (Å²) < 4.78 is 0. The largest absolute Gasteiger partial charge is 0.480 e. The highest BCUT2D eigenvalue weighted by Crippen LogP contribution is 2.33. The van der Waals surface area contributed by atoms with Gasteiger partial charge in [-0.05, 0) is 55.7 Å². The molecule has 1 fully saturated rings. The van der Waals surface area contributed by atoms with Crippen LogP contribution in [0.15, 0.2) is 54.2 Å². The Morgan fingerprint density at radius 1 is 1.08 bits per heavy atom. The van der Waals surface area contributed by atoms with Gasteiger partial charge in [-0.1, -0.05) is 60.7 Å². The standard InChI is InChI=1S/C27H29Cl2N3O5/c1-27(15-22(32-37-27)17-6-3-2-4-7-17)26(36)31-21(25(34)35)14-16-10-12-18(13-11-16)30-24(33)23-19(28)8-5-9-20(23)29/h5,8-13,15,17,21,32H,2-4,6-7,14H2,1H3,(H,30,33)(H,31,36)(H,34,35)/t21?,27-/m0/s1. The molecular weight excluding hydrogens is 517 g/mol. The minimum Gasteiger partial charge on any atom is -0.480 e. The maximum absolute atomic E-state index is 13.0. The van der Waals surface area contributed by atoms with Gasteiger partial charge in [0.25, 0.3) is 11.8 Å². The summed E-state index contributed by atoms with van der Waals surface area (Å²) in [6, 6.07) is 10.3. The molecule has 0 spiro atoms. The van der Waals surface area contributed by atoms with Crippen molar-refractivity contribution in [2.75, 3.05) is 5.32 Å². The third kappa shape index (κ3) is 6.44. The highest BCUT2D eigenvalue weighted by molar-refractivity contribution is 6.40. The monoisotopic (exact) mass is 545 g/mol. The van der Waals surface area contributed by atoms with Crippen molar-refractivity contribution < 1.29 is 24.3 Å². The fourth-order valence-electron chi connectivity index (χ4n) is 4.62. The van der Waals surface area contributed by atoms with E-state index in [1.807, 2.05) is 0 Å². The number of aliphatic carboxylic acids is 1. The number of carbonyl (C=O) groups is 3. The van der Waals surface area contributed by atoms with E-state index in [1.165, 1.54) is 6.42 Å². The second-order valence-electron chi connectivity index (χ2n) is 9.56. The number of carbonyl (C=O) groups excluding carboxylic acids is 2. The maximum Gasteiger partial charge on any atom is 0.326 e. The van der Waals surface area contributed by atoms with Crippen LogP contribution in [0.5, 0.6) is 0 Å². The Labute approximate surface area is 225 Å². The average molecular weight is 546 g/mol. The second-order valence-corrected chi connectivity index (χ2v) is 10.4. The van der Waals surface area contributed by atoms with E-state index in [0.717, 1.165) is 31.4 Å². The van der Waals surface area contributed by atoms with Crippen molar-refractivity contribution in [3.8, 4) is 0 Å². The number of carboxylic acids is 1. The number of halogens is 2. The molecule has 196 valence electrons. The van der Waals surface area contributed by atoms with Crippen LogP contribution in [0.3, 0.4) is 0 Å². The van der Waals surface area contributed by atoms with Gasteiger partial charge >= 0.3 is 5.97 Å². The van der Waals surface area contributed by atoms with Gasteiger partial charge in [0.1, 0.15) is 6.04 Å². The molecule has 0 saturated heterocycles. The lowest BCUT2D eigenvalue weighted by atomic mass is 9.86. The first kappa shape index (κ1) is 27.0. The molecule has 1 unspecified atom stereocenters. The topological polar surface area (TPSA) is 117 Å². The number of amides is 2. The number of benzene rings is 2. The highest BCUT2D eigenvalue weighted by Gasteiger charge is 2.41. The van der Waals surface area contributed by atoms with E-state index >= 15 is 0 Å². The zero-order chi connectivity index (χ0) is 26.6. The molecule has 4 N–H and O–H groups in total. The molecule has 0 aromatic heterocycles. The Hall–Kier alpha value is -3.07. The third-order valence-corrected chi connectivity index (χ3v) is 7.38. The molecule has 10 heteroatoms. The van der Waals surface area contributed by atoms with Gasteiger partial charge in [0.2, 0.25) is 0 Å². The molecule has 2 atom stereocenters. The fraction of sp³-hybridized carbons (Fsp3) is 0.370. The van der Waals surface area contributed by atoms with Crippen molar-refractivity contribution in [2.45, 2.75) is 57.1 Å². The van der Waals surface area contributed by atoms with Crippen LogP contribution in [0.2, 0.25) is 10.0 Å². The summed E-state index contributed by atoms with van der Waals surface area (Å²) >= 11 is 12.2. The summed E-state index contributed by atoms with van der Waals surface area (Å²) in [7, 11) is 0. The molecule has 1 aliphatic carbocycles. The summed E-state index contributed by atoms with van der Waals surface area (Å²) in [4.78, 5) is 43.1. The summed E-state index contributed by atoms with van der Waals surface area (Å²) in [6.45, 7) is 1.62. The molecule has 2 aromatic rings. The molecule has 1 saturated carbocycles. The van der Waals surface area contributed by atoms with Crippen LogP contribution in [0.4, 0.5) is 5.69 Å². The molecule has 1 aliphatic heterocycles. The summed E-state index contributed by atoms with van der Waals surface area (Å²) in [6.07, 6.45) is 7.40. The van der Waals surface area contributed by atoms with E-state index in [9.17, 15) is 19.5 Å². The molecule has 0 bridgehead atoms. The Kier molecular flexibility index (Phi) is 8.42. The number of hydroxylamine groups is 1. The molecular formula is C27H29Cl2N3O5. The summed E-state index contributed by atoms with van der Waals surface area (Å²) in [5.41, 5.74) is 3.80. The van der Waals surface area contributed by atoms with Crippen molar-refractivity contribution in [1.82, 2.24) is 10.8 Å². The fourth-order valence-corrected chi connectivity index (χ4v) is 5.19. The smallest absolute Gasteiger partial charge is 0.326 e. The van der Waals surface area contributed by atoms with Crippen LogP contribution in [-0.2, 0) is 20.8 Å². The quantitative estimate of drug-likeness (QED) is 0.366. The molecule has 1 heterocycles. The van der Waals surface area contributed by atoms with Crippen LogP contribution in [0.1, 0.15) is 54.9 Å². The summed E-state index contributed by atoms with van der Waals surface area (Å²) in [5.74, 6) is -1.83. The number of hydrogen-bond donors (Lipinski definition) is 4. The maximum atomic E-state index is 13.0. The number of rotatable bonds is 8. The van der Waals surface area contributed by atoms with E-state index in [0.29, 0.717) is 17.2 Å². The van der Waals surface area contributed by atoms with Crippen molar-refractivity contribution in [2.24, 2.45) is 5.92 Å². The van der Waals surface area contributed by atoms with E-state index < -0.39 is 29.4 Å². The zero-order valence-corrected chi connectivity index (χ0v) is 21.9. The SMILES string of the molecule is C[C@@]1(C(=O)NC(Cc2ccc(NC(=O)c3c(Cl)cccc3Cl)cc2)C(=O)O)C=C(C2CCCCC2)NO1. The van der Waals surface area contributed by atoms with E-state index in [4.69, 9.17) is 28.0 Å². The molecule has 2 aliphatic rings. The Morgan fingerprint density at radius 2 is 1.73 bits per heavy atom. The molecule has 2 amide bonds. The van der Waals surface area contributed by atoms with Gasteiger partial charge in [-0.2, -0.15) is 0 Å². The number of allylic oxidation sites excluding steroid dienone is 1. The lowest BCUT2D eigenvalue weighted by molar-refractivity contribution is -0.148. The van der Waals surface area contributed by atoms with E-state index in [1.54, 1.807) is 55.5 Å². The van der Waals surface area contributed by atoms with Gasteiger partial charge in [-0.3, -0.25) is 19.9 Å². The number of nitrogens with one attached hydrogen (secondary N) is 3. The predicted octanol–water partition coefficient (Wildman–Crippen LogP) is 5.12. The lowest BCUT2D eigenvalue weighted by Gasteiger charge is -2.23. The van der Waals surface area contributed by atoms with Crippen molar-refractivity contribution in [3.63, 3.8) is 0 Å². The van der Waals surface area contributed by atoms with Crippen LogP contribution in [-0.4, -0.2) is 34.5 Å².